The summed E-state index contributed by atoms with van der Waals surface area (Å²) in [6, 6.07) is 5.99. The molecule has 0 N–H and O–H groups in total. The van der Waals surface area contributed by atoms with Crippen molar-refractivity contribution in [3.63, 3.8) is 0 Å². The van der Waals surface area contributed by atoms with Gasteiger partial charge in [0.25, 0.3) is 0 Å². The number of carbonyl (C=O) groups excluding carboxylic acids is 2. The molecule has 1 aliphatic rings. The summed E-state index contributed by atoms with van der Waals surface area (Å²) >= 11 is 0. The molecule has 0 radical (unpaired) electrons. The van der Waals surface area contributed by atoms with Gasteiger partial charge in [-0.15, -0.1) is 0 Å². The predicted octanol–water partition coefficient (Wildman–Crippen LogP) is 5.49. The number of esters is 1. The van der Waals surface area contributed by atoms with Crippen LogP contribution in [0.25, 0.3) is 11.1 Å². The molecule has 0 aliphatic carbocycles. The van der Waals surface area contributed by atoms with E-state index >= 15 is 0 Å². The first-order chi connectivity index (χ1) is 16.9. The number of methoxy groups -OCH3 is 1. The Labute approximate surface area is 196 Å². The zero-order valence-electron chi connectivity index (χ0n) is 17.8. The summed E-state index contributed by atoms with van der Waals surface area (Å²) in [5, 5.41) is 0. The Morgan fingerprint density at radius 3 is 2.14 bits per heavy atom. The Morgan fingerprint density at radius 1 is 0.944 bits per heavy atom. The van der Waals surface area contributed by atoms with Crippen molar-refractivity contribution in [3.8, 4) is 16.9 Å². The van der Waals surface area contributed by atoms with Crippen LogP contribution in [0.2, 0.25) is 0 Å². The molecule has 188 valence electrons. The number of fused-ring (bicyclic) bond motifs is 1. The number of nitrogens with zero attached hydrogens (tertiary/aromatic N) is 1. The van der Waals surface area contributed by atoms with Crippen molar-refractivity contribution in [2.75, 3.05) is 12.0 Å². The molecule has 0 bridgehead atoms. The minimum atomic E-state index is -4.52. The van der Waals surface area contributed by atoms with Crippen LogP contribution >= 0.6 is 0 Å². The first kappa shape index (κ1) is 24.9. The van der Waals surface area contributed by atoms with Crippen LogP contribution in [-0.4, -0.2) is 25.1 Å². The van der Waals surface area contributed by atoms with Crippen molar-refractivity contribution >= 4 is 17.6 Å². The minimum absolute atomic E-state index is 0.0246. The summed E-state index contributed by atoms with van der Waals surface area (Å²) < 4.78 is 122. The van der Waals surface area contributed by atoms with Gasteiger partial charge in [0, 0.05) is 11.6 Å². The summed E-state index contributed by atoms with van der Waals surface area (Å²) in [6.45, 7) is -0.766. The van der Waals surface area contributed by atoms with Gasteiger partial charge in [-0.2, -0.15) is 8.78 Å². The molecular formula is C23H11F8NO4. The average Bonchev–Trinajstić information content (AvgIpc) is 2.84. The number of alkyl halides is 2. The maximum absolute atomic E-state index is 14.7. The summed E-state index contributed by atoms with van der Waals surface area (Å²) in [4.78, 5) is 24.9. The highest BCUT2D eigenvalue weighted by Gasteiger charge is 2.51. The van der Waals surface area contributed by atoms with Crippen LogP contribution in [0.4, 0.5) is 40.8 Å². The van der Waals surface area contributed by atoms with Gasteiger partial charge in [0.1, 0.15) is 5.82 Å². The first-order valence-corrected chi connectivity index (χ1v) is 9.79. The third-order valence-corrected chi connectivity index (χ3v) is 5.30. The molecule has 1 heterocycles. The fraction of sp³-hybridized carbons (Fsp3) is 0.130. The van der Waals surface area contributed by atoms with Gasteiger partial charge in [0.2, 0.25) is 5.82 Å². The molecular weight excluding hydrogens is 506 g/mol. The van der Waals surface area contributed by atoms with Gasteiger partial charge in [-0.1, -0.05) is 18.2 Å². The van der Waals surface area contributed by atoms with Gasteiger partial charge in [-0.25, -0.2) is 31.1 Å². The molecule has 0 saturated heterocycles. The molecule has 5 nitrogen and oxygen atoms in total. The lowest BCUT2D eigenvalue weighted by atomic mass is 10.00. The molecule has 3 aromatic carbocycles. The standard InChI is InChI=1S/C23H11F8NO4/c1-35-21(33)10-5-3-2-4-9(10)8-32-13-6-11(12(24)7-14(13)36-23(30,31)22(32)34)15-16(25)18(27)20(29)19(28)17(15)26/h2-7H,8H2,1H3. The molecule has 4 rings (SSSR count). The monoisotopic (exact) mass is 517 g/mol. The molecule has 0 unspecified atom stereocenters. The zero-order valence-corrected chi connectivity index (χ0v) is 17.8. The average molecular weight is 517 g/mol. The highest BCUT2D eigenvalue weighted by Crippen LogP contribution is 2.45. The normalized spacial score (nSPS) is 14.4. The lowest BCUT2D eigenvalue weighted by molar-refractivity contribution is -0.193. The lowest BCUT2D eigenvalue weighted by Crippen LogP contribution is -2.50. The Hall–Kier alpha value is -4.16. The fourth-order valence-corrected chi connectivity index (χ4v) is 3.61. The Morgan fingerprint density at radius 2 is 1.53 bits per heavy atom. The van der Waals surface area contributed by atoms with Crippen molar-refractivity contribution < 1.29 is 54.2 Å². The van der Waals surface area contributed by atoms with Crippen molar-refractivity contribution in [1.29, 1.82) is 0 Å². The van der Waals surface area contributed by atoms with Crippen LogP contribution in [0.3, 0.4) is 0 Å². The van der Waals surface area contributed by atoms with Crippen LogP contribution in [0.1, 0.15) is 15.9 Å². The molecule has 0 spiro atoms. The molecule has 1 aliphatic heterocycles. The highest BCUT2D eigenvalue weighted by atomic mass is 19.3. The Balaban J connectivity index is 1.93. The van der Waals surface area contributed by atoms with E-state index in [4.69, 9.17) is 0 Å². The molecule has 13 heteroatoms. The smallest absolute Gasteiger partial charge is 0.465 e. The van der Waals surface area contributed by atoms with Crippen molar-refractivity contribution in [2.24, 2.45) is 0 Å². The second kappa shape index (κ2) is 8.81. The molecule has 0 fully saturated rings. The molecule has 0 atom stereocenters. The number of ether oxygens (including phenoxy) is 2. The van der Waals surface area contributed by atoms with Crippen LogP contribution in [0, 0.1) is 34.9 Å². The highest BCUT2D eigenvalue weighted by molar-refractivity contribution is 6.02. The second-order valence-corrected chi connectivity index (χ2v) is 7.40. The van der Waals surface area contributed by atoms with E-state index in [0.717, 1.165) is 7.11 Å². The SMILES string of the molecule is COC(=O)c1ccccc1CN1C(=O)C(F)(F)Oc2cc(F)c(-c3c(F)c(F)c(F)c(F)c3F)cc21. The number of halogens is 8. The van der Waals surface area contributed by atoms with Gasteiger partial charge < -0.3 is 9.47 Å². The van der Waals surface area contributed by atoms with Crippen molar-refractivity contribution in [2.45, 2.75) is 12.7 Å². The number of carbonyl (C=O) groups is 2. The molecule has 36 heavy (non-hydrogen) atoms. The van der Waals surface area contributed by atoms with Gasteiger partial charge in [0.15, 0.2) is 29.0 Å². The molecule has 3 aromatic rings. The Bertz CT molecular complexity index is 1400. The number of rotatable bonds is 4. The first-order valence-electron chi connectivity index (χ1n) is 9.79. The van der Waals surface area contributed by atoms with Crippen LogP contribution in [-0.2, 0) is 16.1 Å². The van der Waals surface area contributed by atoms with Crippen molar-refractivity contribution in [1.82, 2.24) is 0 Å². The molecule has 0 aromatic heterocycles. The summed E-state index contributed by atoms with van der Waals surface area (Å²) in [6.07, 6.45) is -4.52. The summed E-state index contributed by atoms with van der Waals surface area (Å²) in [5.41, 5.74) is -3.76. The number of benzene rings is 3. The predicted molar refractivity (Wildman–Crippen MR) is 106 cm³/mol. The van der Waals surface area contributed by atoms with E-state index in [0.29, 0.717) is 11.0 Å². The number of hydrogen-bond donors (Lipinski definition) is 0. The Kier molecular flexibility index (Phi) is 6.10. The van der Waals surface area contributed by atoms with E-state index < -0.39 is 82.0 Å². The lowest BCUT2D eigenvalue weighted by Gasteiger charge is -2.34. The van der Waals surface area contributed by atoms with E-state index in [1.165, 1.54) is 24.3 Å². The van der Waals surface area contributed by atoms with Crippen LogP contribution in [0.5, 0.6) is 5.75 Å². The molecule has 1 amide bonds. The van der Waals surface area contributed by atoms with Gasteiger partial charge >= 0.3 is 18.0 Å². The van der Waals surface area contributed by atoms with Crippen LogP contribution < -0.4 is 9.64 Å². The van der Waals surface area contributed by atoms with E-state index in [2.05, 4.69) is 9.47 Å². The third-order valence-electron chi connectivity index (χ3n) is 5.30. The van der Waals surface area contributed by atoms with E-state index in [-0.39, 0.29) is 17.2 Å². The topological polar surface area (TPSA) is 55.8 Å². The van der Waals surface area contributed by atoms with Crippen molar-refractivity contribution in [3.05, 3.63) is 82.4 Å². The third kappa shape index (κ3) is 3.89. The molecule has 0 saturated carbocycles. The van der Waals surface area contributed by atoms with E-state index in [9.17, 15) is 44.7 Å². The zero-order chi connectivity index (χ0) is 26.5. The van der Waals surface area contributed by atoms with Crippen LogP contribution in [0.15, 0.2) is 36.4 Å². The fourth-order valence-electron chi connectivity index (χ4n) is 3.61. The number of amides is 1. The largest absolute Gasteiger partial charge is 0.482 e. The number of hydrogen-bond acceptors (Lipinski definition) is 4. The second-order valence-electron chi connectivity index (χ2n) is 7.40. The quantitative estimate of drug-likeness (QED) is 0.199. The summed E-state index contributed by atoms with van der Waals surface area (Å²) in [5.74, 6) is -17.6. The maximum atomic E-state index is 14.7. The minimum Gasteiger partial charge on any atom is -0.465 e. The van der Waals surface area contributed by atoms with E-state index in [1.807, 2.05) is 0 Å². The number of anilines is 1. The van der Waals surface area contributed by atoms with Gasteiger partial charge in [-0.3, -0.25) is 9.69 Å². The van der Waals surface area contributed by atoms with Gasteiger partial charge in [-0.05, 0) is 17.7 Å². The maximum Gasteiger partial charge on any atom is 0.482 e. The summed E-state index contributed by atoms with van der Waals surface area (Å²) in [7, 11) is 1.04. The van der Waals surface area contributed by atoms with Gasteiger partial charge in [0.05, 0.1) is 30.5 Å². The van der Waals surface area contributed by atoms with E-state index in [1.54, 1.807) is 0 Å².